The van der Waals surface area contributed by atoms with Gasteiger partial charge in [0.25, 0.3) is 5.69 Å². The summed E-state index contributed by atoms with van der Waals surface area (Å²) in [6.45, 7) is 2.95. The van der Waals surface area contributed by atoms with Gasteiger partial charge in [-0.3, -0.25) is 19.2 Å². The van der Waals surface area contributed by atoms with Crippen molar-refractivity contribution in [2.75, 3.05) is 23.0 Å². The number of nitro groups is 1. The van der Waals surface area contributed by atoms with Crippen LogP contribution in [-0.2, 0) is 14.8 Å². The second-order valence-corrected chi connectivity index (χ2v) is 7.99. The Hall–Kier alpha value is -3.14. The lowest BCUT2D eigenvalue weighted by atomic mass is 10.1. The van der Waals surface area contributed by atoms with Gasteiger partial charge >= 0.3 is 0 Å². The number of nitrogens with one attached hydrogen (secondary N) is 1. The van der Waals surface area contributed by atoms with Gasteiger partial charge in [0.1, 0.15) is 11.8 Å². The smallest absolute Gasteiger partial charge is 0.274 e. The highest BCUT2D eigenvalue weighted by molar-refractivity contribution is 7.92. The van der Waals surface area contributed by atoms with E-state index in [1.165, 1.54) is 51.3 Å². The molecule has 0 radical (unpaired) electrons. The summed E-state index contributed by atoms with van der Waals surface area (Å²) in [5.74, 6) is -0.0774. The Balaban J connectivity index is 2.34. The van der Waals surface area contributed by atoms with E-state index in [2.05, 4.69) is 5.32 Å². The average Bonchev–Trinajstić information content (AvgIpc) is 2.62. The van der Waals surface area contributed by atoms with Crippen LogP contribution in [0.15, 0.2) is 42.5 Å². The molecule has 9 nitrogen and oxygen atoms in total. The van der Waals surface area contributed by atoms with Crippen LogP contribution in [0.2, 0.25) is 0 Å². The predicted molar refractivity (Wildman–Crippen MR) is 106 cm³/mol. The quantitative estimate of drug-likeness (QED) is 0.557. The molecule has 0 unspecified atom stereocenters. The third-order valence-electron chi connectivity index (χ3n) is 4.18. The summed E-state index contributed by atoms with van der Waals surface area (Å²) in [4.78, 5) is 23.2. The zero-order valence-corrected chi connectivity index (χ0v) is 16.7. The number of amides is 1. The van der Waals surface area contributed by atoms with Gasteiger partial charge in [0, 0.05) is 6.07 Å². The summed E-state index contributed by atoms with van der Waals surface area (Å²) in [6, 6.07) is 9.43. The molecule has 0 aromatic heterocycles. The van der Waals surface area contributed by atoms with Crippen molar-refractivity contribution in [1.82, 2.24) is 0 Å². The number of sulfonamides is 1. The number of benzene rings is 2. The van der Waals surface area contributed by atoms with Gasteiger partial charge in [-0.2, -0.15) is 0 Å². The van der Waals surface area contributed by atoms with Crippen molar-refractivity contribution in [2.45, 2.75) is 19.9 Å². The molecule has 0 aliphatic carbocycles. The Morgan fingerprint density at radius 1 is 1.21 bits per heavy atom. The number of nitro benzene ring substituents is 1. The summed E-state index contributed by atoms with van der Waals surface area (Å²) in [5.41, 5.74) is 0.680. The molecule has 0 fully saturated rings. The predicted octanol–water partition coefficient (Wildman–Crippen LogP) is 2.71. The van der Waals surface area contributed by atoms with E-state index in [9.17, 15) is 23.3 Å². The second-order valence-electron chi connectivity index (χ2n) is 6.13. The van der Waals surface area contributed by atoms with Gasteiger partial charge in [0.05, 0.1) is 35.2 Å². The van der Waals surface area contributed by atoms with Crippen LogP contribution >= 0.6 is 0 Å². The molecular weight excluding hydrogens is 386 g/mol. The van der Waals surface area contributed by atoms with Crippen LogP contribution in [0.1, 0.15) is 12.5 Å². The monoisotopic (exact) mass is 407 g/mol. The molecule has 0 aliphatic heterocycles. The van der Waals surface area contributed by atoms with Gasteiger partial charge in [-0.05, 0) is 44.2 Å². The number of hydrogen-bond acceptors (Lipinski definition) is 6. The zero-order valence-electron chi connectivity index (χ0n) is 15.9. The van der Waals surface area contributed by atoms with Crippen molar-refractivity contribution < 1.29 is 22.9 Å². The minimum absolute atomic E-state index is 0.138. The Kier molecular flexibility index (Phi) is 6.24. The first kappa shape index (κ1) is 21.2. The molecule has 28 heavy (non-hydrogen) atoms. The number of nitrogens with zero attached hydrogens (tertiary/aromatic N) is 2. The average molecular weight is 407 g/mol. The van der Waals surface area contributed by atoms with Crippen molar-refractivity contribution in [1.29, 1.82) is 0 Å². The lowest BCUT2D eigenvalue weighted by Gasteiger charge is -2.28. The molecule has 0 saturated carbocycles. The highest BCUT2D eigenvalue weighted by Crippen LogP contribution is 2.27. The fraction of sp³-hybridized carbons (Fsp3) is 0.278. The van der Waals surface area contributed by atoms with E-state index >= 15 is 0 Å². The molecule has 2 aromatic rings. The van der Waals surface area contributed by atoms with Crippen LogP contribution in [-0.4, -0.2) is 38.7 Å². The number of anilines is 2. The van der Waals surface area contributed by atoms with E-state index in [-0.39, 0.29) is 16.9 Å². The first-order chi connectivity index (χ1) is 13.1. The fourth-order valence-electron chi connectivity index (χ4n) is 2.73. The van der Waals surface area contributed by atoms with Gasteiger partial charge in [0.2, 0.25) is 15.9 Å². The standard InChI is InChI=1S/C18H21N3O6S/c1-12-16(6-5-7-17(12)21(23)24)19-18(22)13(2)20(28(4,25)26)14-8-10-15(27-3)11-9-14/h5-11,13H,1-4H3,(H,19,22)/t13-/m0/s1. The van der Waals surface area contributed by atoms with Gasteiger partial charge in [0.15, 0.2) is 0 Å². The van der Waals surface area contributed by atoms with Gasteiger partial charge in [-0.1, -0.05) is 6.07 Å². The number of rotatable bonds is 7. The Morgan fingerprint density at radius 3 is 2.32 bits per heavy atom. The number of carbonyl (C=O) groups is 1. The third kappa shape index (κ3) is 4.58. The summed E-state index contributed by atoms with van der Waals surface area (Å²) < 4.78 is 30.7. The molecular formula is C18H21N3O6S. The van der Waals surface area contributed by atoms with Crippen molar-refractivity contribution >= 4 is 33.0 Å². The van der Waals surface area contributed by atoms with E-state index in [1.807, 2.05) is 0 Å². The van der Waals surface area contributed by atoms with Crippen molar-refractivity contribution in [3.8, 4) is 5.75 Å². The Morgan fingerprint density at radius 2 is 1.82 bits per heavy atom. The lowest BCUT2D eigenvalue weighted by molar-refractivity contribution is -0.385. The van der Waals surface area contributed by atoms with E-state index in [4.69, 9.17) is 4.74 Å². The molecule has 2 rings (SSSR count). The van der Waals surface area contributed by atoms with Gasteiger partial charge in [-0.25, -0.2) is 8.42 Å². The molecule has 1 atom stereocenters. The summed E-state index contributed by atoms with van der Waals surface area (Å²) in [5, 5.41) is 13.6. The number of methoxy groups -OCH3 is 1. The van der Waals surface area contributed by atoms with Gasteiger partial charge < -0.3 is 10.1 Å². The van der Waals surface area contributed by atoms with E-state index < -0.39 is 26.9 Å². The maximum Gasteiger partial charge on any atom is 0.274 e. The summed E-state index contributed by atoms with van der Waals surface area (Å²) in [7, 11) is -2.30. The molecule has 10 heteroatoms. The maximum absolute atomic E-state index is 12.7. The van der Waals surface area contributed by atoms with E-state index in [0.29, 0.717) is 11.4 Å². The van der Waals surface area contributed by atoms with Crippen LogP contribution in [0.5, 0.6) is 5.75 Å². The van der Waals surface area contributed by atoms with Crippen molar-refractivity contribution in [3.63, 3.8) is 0 Å². The number of ether oxygens (including phenoxy) is 1. The lowest BCUT2D eigenvalue weighted by Crippen LogP contribution is -2.45. The van der Waals surface area contributed by atoms with Crippen LogP contribution in [0.4, 0.5) is 17.1 Å². The van der Waals surface area contributed by atoms with Crippen LogP contribution in [0, 0.1) is 17.0 Å². The SMILES string of the molecule is COc1ccc(N([C@@H](C)C(=O)Nc2cccc([N+](=O)[O-])c2C)S(C)(=O)=O)cc1. The topological polar surface area (TPSA) is 119 Å². The maximum atomic E-state index is 12.7. The van der Waals surface area contributed by atoms with Gasteiger partial charge in [-0.15, -0.1) is 0 Å². The molecule has 1 amide bonds. The third-order valence-corrected chi connectivity index (χ3v) is 5.42. The zero-order chi connectivity index (χ0) is 21.1. The normalized spacial score (nSPS) is 12.1. The second kappa shape index (κ2) is 8.26. The molecule has 150 valence electrons. The molecule has 1 N–H and O–H groups in total. The van der Waals surface area contributed by atoms with Crippen LogP contribution < -0.4 is 14.4 Å². The first-order valence-corrected chi connectivity index (χ1v) is 10.1. The largest absolute Gasteiger partial charge is 0.497 e. The van der Waals surface area contributed by atoms with Crippen LogP contribution in [0.25, 0.3) is 0 Å². The minimum Gasteiger partial charge on any atom is -0.497 e. The molecule has 2 aromatic carbocycles. The van der Waals surface area contributed by atoms with E-state index in [1.54, 1.807) is 12.1 Å². The highest BCUT2D eigenvalue weighted by Gasteiger charge is 2.29. The highest BCUT2D eigenvalue weighted by atomic mass is 32.2. The molecule has 0 aliphatic rings. The summed E-state index contributed by atoms with van der Waals surface area (Å²) in [6.07, 6.45) is 1.000. The van der Waals surface area contributed by atoms with Crippen molar-refractivity contribution in [3.05, 3.63) is 58.1 Å². The number of carbonyl (C=O) groups excluding carboxylic acids is 1. The minimum atomic E-state index is -3.78. The Bertz CT molecular complexity index is 989. The fourth-order valence-corrected chi connectivity index (χ4v) is 3.91. The molecule has 0 spiro atoms. The van der Waals surface area contributed by atoms with Crippen LogP contribution in [0.3, 0.4) is 0 Å². The summed E-state index contributed by atoms with van der Waals surface area (Å²) >= 11 is 0. The first-order valence-electron chi connectivity index (χ1n) is 8.24. The van der Waals surface area contributed by atoms with Crippen molar-refractivity contribution in [2.24, 2.45) is 0 Å². The number of hydrogen-bond donors (Lipinski definition) is 1. The Labute approximate surface area is 163 Å². The van der Waals surface area contributed by atoms with E-state index in [0.717, 1.165) is 10.6 Å². The molecule has 0 saturated heterocycles. The molecule has 0 bridgehead atoms. The molecule has 0 heterocycles.